The highest BCUT2D eigenvalue weighted by molar-refractivity contribution is 6.35. The molecule has 12 heteroatoms. The number of halogens is 4. The van der Waals surface area contributed by atoms with Crippen molar-refractivity contribution < 1.29 is 14.0 Å². The van der Waals surface area contributed by atoms with Gasteiger partial charge in [-0.05, 0) is 30.3 Å². The summed E-state index contributed by atoms with van der Waals surface area (Å²) < 4.78 is 15.4. The van der Waals surface area contributed by atoms with E-state index < -0.39 is 17.8 Å². The van der Waals surface area contributed by atoms with Gasteiger partial charge < -0.3 is 16.0 Å². The molecule has 0 aliphatic carbocycles. The lowest BCUT2D eigenvalue weighted by Gasteiger charge is -2.28. The first kappa shape index (κ1) is 22.9. The van der Waals surface area contributed by atoms with Crippen molar-refractivity contribution in [3.63, 3.8) is 0 Å². The van der Waals surface area contributed by atoms with Crippen LogP contribution in [0, 0.1) is 17.1 Å². The van der Waals surface area contributed by atoms with E-state index in [9.17, 15) is 14.0 Å². The predicted octanol–water partition coefficient (Wildman–Crippen LogP) is 4.67. The Morgan fingerprint density at radius 3 is 2.42 bits per heavy atom. The molecule has 0 fully saturated rings. The number of nitrogens with two attached hydrogens (primary N) is 1. The maximum Gasteiger partial charge on any atom is 0.322 e. The molecule has 3 amide bonds. The van der Waals surface area contributed by atoms with E-state index in [1.165, 1.54) is 29.2 Å². The molecule has 168 valence electrons. The molecule has 0 spiro atoms. The van der Waals surface area contributed by atoms with Gasteiger partial charge in [-0.15, -0.1) is 0 Å². The summed E-state index contributed by atoms with van der Waals surface area (Å²) >= 11 is 17.8. The van der Waals surface area contributed by atoms with Crippen LogP contribution >= 0.6 is 34.8 Å². The van der Waals surface area contributed by atoms with E-state index in [4.69, 9.17) is 45.8 Å². The summed E-state index contributed by atoms with van der Waals surface area (Å²) in [6.45, 7) is 0.636. The third kappa shape index (κ3) is 4.33. The van der Waals surface area contributed by atoms with E-state index in [1.54, 1.807) is 10.7 Å². The summed E-state index contributed by atoms with van der Waals surface area (Å²) in [4.78, 5) is 26.6. The standard InChI is InChI=1S/C21H14Cl3FN6O2/c22-13-7-12(2-1-10(13)8-26)28-21(33)30-3-4-31-16(9-30)17(20(27)32)19(29-31)11-5-14(23)18(25)15(24)6-11/h1-2,5-7H,3-4,9H2,(H2,27,32)(H,28,33). The number of fused-ring (bicyclic) bond motifs is 1. The molecule has 0 saturated heterocycles. The van der Waals surface area contributed by atoms with Crippen LogP contribution in [0.15, 0.2) is 30.3 Å². The van der Waals surface area contributed by atoms with Gasteiger partial charge in [0.15, 0.2) is 5.82 Å². The molecule has 1 aromatic heterocycles. The predicted molar refractivity (Wildman–Crippen MR) is 122 cm³/mol. The van der Waals surface area contributed by atoms with Crippen molar-refractivity contribution in [2.75, 3.05) is 11.9 Å². The molecule has 0 bridgehead atoms. The fourth-order valence-electron chi connectivity index (χ4n) is 3.53. The second kappa shape index (κ2) is 8.90. The second-order valence-electron chi connectivity index (χ2n) is 7.17. The summed E-state index contributed by atoms with van der Waals surface area (Å²) in [7, 11) is 0. The Balaban J connectivity index is 1.64. The molecule has 3 N–H and O–H groups in total. The van der Waals surface area contributed by atoms with Crippen LogP contribution in [0.3, 0.4) is 0 Å². The van der Waals surface area contributed by atoms with Crippen LogP contribution in [0.25, 0.3) is 11.3 Å². The third-order valence-corrected chi connectivity index (χ3v) is 5.97. The molecule has 3 aromatic rings. The molecule has 2 aromatic carbocycles. The summed E-state index contributed by atoms with van der Waals surface area (Å²) in [5.74, 6) is -1.54. The van der Waals surface area contributed by atoms with Gasteiger partial charge in [-0.2, -0.15) is 10.4 Å². The Morgan fingerprint density at radius 2 is 1.82 bits per heavy atom. The first-order chi connectivity index (χ1) is 15.7. The second-order valence-corrected chi connectivity index (χ2v) is 8.39. The zero-order chi connectivity index (χ0) is 23.9. The molecule has 0 saturated carbocycles. The first-order valence-electron chi connectivity index (χ1n) is 9.49. The fraction of sp³-hybridized carbons (Fsp3) is 0.143. The summed E-state index contributed by atoms with van der Waals surface area (Å²) in [6, 6.07) is 8.66. The Labute approximate surface area is 202 Å². The number of nitrogens with zero attached hydrogens (tertiary/aromatic N) is 4. The molecular formula is C21H14Cl3FN6O2. The van der Waals surface area contributed by atoms with Gasteiger partial charge in [0, 0.05) is 17.8 Å². The molecule has 33 heavy (non-hydrogen) atoms. The molecule has 0 atom stereocenters. The number of urea groups is 1. The number of hydrogen-bond acceptors (Lipinski definition) is 4. The molecular weight excluding hydrogens is 494 g/mol. The number of hydrogen-bond donors (Lipinski definition) is 2. The number of nitriles is 1. The van der Waals surface area contributed by atoms with Crippen molar-refractivity contribution in [1.82, 2.24) is 14.7 Å². The number of anilines is 1. The topological polar surface area (TPSA) is 117 Å². The van der Waals surface area contributed by atoms with Crippen molar-refractivity contribution in [2.24, 2.45) is 5.73 Å². The zero-order valence-electron chi connectivity index (χ0n) is 16.7. The number of carbonyl (C=O) groups excluding carboxylic acids is 2. The van der Waals surface area contributed by atoms with E-state index >= 15 is 0 Å². The normalized spacial score (nSPS) is 12.8. The highest BCUT2D eigenvalue weighted by atomic mass is 35.5. The Bertz CT molecular complexity index is 1330. The van der Waals surface area contributed by atoms with Crippen molar-refractivity contribution >= 4 is 52.4 Å². The van der Waals surface area contributed by atoms with Gasteiger partial charge in [0.1, 0.15) is 11.8 Å². The summed E-state index contributed by atoms with van der Waals surface area (Å²) in [6.07, 6.45) is 0. The minimum absolute atomic E-state index is 0.0454. The number of rotatable bonds is 3. The number of nitrogens with one attached hydrogen (secondary N) is 1. The number of carbonyl (C=O) groups is 2. The van der Waals surface area contributed by atoms with Crippen LogP contribution in [0.4, 0.5) is 14.9 Å². The van der Waals surface area contributed by atoms with Crippen LogP contribution in [-0.2, 0) is 13.1 Å². The molecule has 4 rings (SSSR count). The highest BCUT2D eigenvalue weighted by Crippen LogP contribution is 2.34. The Kier molecular flexibility index (Phi) is 6.17. The Morgan fingerprint density at radius 1 is 1.12 bits per heavy atom. The first-order valence-corrected chi connectivity index (χ1v) is 10.6. The van der Waals surface area contributed by atoms with Gasteiger partial charge in [0.25, 0.3) is 5.91 Å². The van der Waals surface area contributed by atoms with Crippen molar-refractivity contribution in [1.29, 1.82) is 5.26 Å². The fourth-order valence-corrected chi connectivity index (χ4v) is 4.24. The van der Waals surface area contributed by atoms with Gasteiger partial charge in [-0.3, -0.25) is 9.48 Å². The minimum Gasteiger partial charge on any atom is -0.365 e. The quantitative estimate of drug-likeness (QED) is 0.501. The van der Waals surface area contributed by atoms with Crippen molar-refractivity contribution in [3.05, 3.63) is 68.0 Å². The summed E-state index contributed by atoms with van der Waals surface area (Å²) in [5, 5.41) is 15.9. The van der Waals surface area contributed by atoms with Crippen LogP contribution in [-0.4, -0.2) is 33.2 Å². The zero-order valence-corrected chi connectivity index (χ0v) is 19.0. The largest absolute Gasteiger partial charge is 0.365 e. The maximum atomic E-state index is 13.8. The number of primary amides is 1. The molecule has 0 unspecified atom stereocenters. The molecule has 1 aliphatic rings. The van der Waals surface area contributed by atoms with E-state index in [0.717, 1.165) is 0 Å². The highest BCUT2D eigenvalue weighted by Gasteiger charge is 2.30. The van der Waals surface area contributed by atoms with E-state index in [2.05, 4.69) is 10.4 Å². The molecule has 0 radical (unpaired) electrons. The average molecular weight is 508 g/mol. The van der Waals surface area contributed by atoms with Crippen LogP contribution in [0.5, 0.6) is 0 Å². The van der Waals surface area contributed by atoms with Crippen molar-refractivity contribution in [3.8, 4) is 17.3 Å². The SMILES string of the molecule is N#Cc1ccc(NC(=O)N2CCn3nc(-c4cc(Cl)c(F)c(Cl)c4)c(C(N)=O)c3C2)cc1Cl. The maximum absolute atomic E-state index is 13.8. The van der Waals surface area contributed by atoms with E-state index in [0.29, 0.717) is 30.0 Å². The molecule has 8 nitrogen and oxygen atoms in total. The lowest BCUT2D eigenvalue weighted by Crippen LogP contribution is -2.41. The van der Waals surface area contributed by atoms with Crippen LogP contribution in [0.1, 0.15) is 21.6 Å². The summed E-state index contributed by atoms with van der Waals surface area (Å²) in [5.41, 5.74) is 7.36. The number of benzene rings is 2. The number of amides is 3. The van der Waals surface area contributed by atoms with E-state index in [1.807, 2.05) is 6.07 Å². The van der Waals surface area contributed by atoms with Gasteiger partial charge in [-0.25, -0.2) is 9.18 Å². The van der Waals surface area contributed by atoms with E-state index in [-0.39, 0.29) is 38.4 Å². The Hall–Kier alpha value is -3.32. The van der Waals surface area contributed by atoms with Crippen LogP contribution in [0.2, 0.25) is 15.1 Å². The van der Waals surface area contributed by atoms with Gasteiger partial charge in [-0.1, -0.05) is 34.8 Å². The average Bonchev–Trinajstić information content (AvgIpc) is 3.16. The van der Waals surface area contributed by atoms with Crippen LogP contribution < -0.4 is 11.1 Å². The smallest absolute Gasteiger partial charge is 0.322 e. The molecule has 2 heterocycles. The third-order valence-electron chi connectivity index (χ3n) is 5.11. The number of aromatic nitrogens is 2. The van der Waals surface area contributed by atoms with Gasteiger partial charge in [0.2, 0.25) is 0 Å². The van der Waals surface area contributed by atoms with Gasteiger partial charge >= 0.3 is 6.03 Å². The lowest BCUT2D eigenvalue weighted by atomic mass is 10.0. The monoisotopic (exact) mass is 506 g/mol. The molecule has 1 aliphatic heterocycles. The minimum atomic E-state index is -0.780. The van der Waals surface area contributed by atoms with Crippen molar-refractivity contribution in [2.45, 2.75) is 13.1 Å². The lowest BCUT2D eigenvalue weighted by molar-refractivity contribution is 0.0997. The van der Waals surface area contributed by atoms with Gasteiger partial charge in [0.05, 0.1) is 45.0 Å².